The highest BCUT2D eigenvalue weighted by molar-refractivity contribution is 7.47. The Hall–Kier alpha value is -0.540. The number of hydrogen-bond donors (Lipinski definition) is 3. The predicted octanol–water partition coefficient (Wildman–Crippen LogP) is 9.58. The number of unbranched alkanes of at least 4 members (excludes halogenated alkanes) is 23. The summed E-state index contributed by atoms with van der Waals surface area (Å²) in [5, 5.41) is 18.2. The number of phosphoric acid groups is 1. The minimum atomic E-state index is -4.50. The van der Waals surface area contributed by atoms with E-state index in [0.29, 0.717) is 6.61 Å². The molecule has 0 heterocycles. The summed E-state index contributed by atoms with van der Waals surface area (Å²) in [5.74, 6) is -0.382. The van der Waals surface area contributed by atoms with Crippen LogP contribution >= 0.6 is 7.82 Å². The number of rotatable bonds is 37. The van der Waals surface area contributed by atoms with Crippen molar-refractivity contribution < 1.29 is 43.0 Å². The number of aliphatic hydroxyl groups excluding tert-OH is 2. The lowest BCUT2D eigenvalue weighted by atomic mass is 10.0. The van der Waals surface area contributed by atoms with Gasteiger partial charge in [0.25, 0.3) is 0 Å². The molecule has 0 radical (unpaired) electrons. The lowest BCUT2D eigenvalue weighted by Crippen LogP contribution is -2.29. The molecule has 0 bridgehead atoms. The van der Waals surface area contributed by atoms with Crippen LogP contribution < -0.4 is 0 Å². The first kappa shape index (κ1) is 45.5. The zero-order chi connectivity index (χ0) is 34.0. The van der Waals surface area contributed by atoms with Crippen molar-refractivity contribution >= 4 is 13.8 Å². The molecule has 3 N–H and O–H groups in total. The van der Waals surface area contributed by atoms with Crippen molar-refractivity contribution in [2.75, 3.05) is 33.0 Å². The molecule has 0 saturated heterocycles. The quantitative estimate of drug-likeness (QED) is 0.0333. The van der Waals surface area contributed by atoms with Crippen LogP contribution in [-0.4, -0.2) is 66.3 Å². The third kappa shape index (κ3) is 33.4. The minimum Gasteiger partial charge on any atom is -0.457 e. The standard InChI is InChI=1S/C36H73O9P/c1-3-5-7-9-11-13-14-15-16-17-18-19-21-23-25-27-29-42-32-35(33-44-46(40,41)43-31-34(38)30-37)45-36(39)28-26-24-22-20-12-10-8-6-4-2/h34-35,37-38H,3-33H2,1-2H3,(H,40,41). The van der Waals surface area contributed by atoms with Gasteiger partial charge < -0.3 is 24.6 Å². The molecule has 46 heavy (non-hydrogen) atoms. The third-order valence-electron chi connectivity index (χ3n) is 8.29. The maximum atomic E-state index is 12.5. The van der Waals surface area contributed by atoms with Crippen LogP contribution in [0.3, 0.4) is 0 Å². The van der Waals surface area contributed by atoms with Gasteiger partial charge >= 0.3 is 13.8 Å². The molecular formula is C36H73O9P. The van der Waals surface area contributed by atoms with Gasteiger partial charge in [0, 0.05) is 13.0 Å². The molecule has 0 spiro atoms. The van der Waals surface area contributed by atoms with Gasteiger partial charge in [-0.25, -0.2) is 4.57 Å². The number of hydrogen-bond acceptors (Lipinski definition) is 8. The van der Waals surface area contributed by atoms with E-state index >= 15 is 0 Å². The van der Waals surface area contributed by atoms with Gasteiger partial charge in [0.1, 0.15) is 12.2 Å². The predicted molar refractivity (Wildman–Crippen MR) is 187 cm³/mol. The van der Waals surface area contributed by atoms with Crippen molar-refractivity contribution in [3.05, 3.63) is 0 Å². The maximum absolute atomic E-state index is 12.5. The highest BCUT2D eigenvalue weighted by atomic mass is 31.2. The van der Waals surface area contributed by atoms with Crippen molar-refractivity contribution in [2.24, 2.45) is 0 Å². The average Bonchev–Trinajstić information content (AvgIpc) is 3.04. The van der Waals surface area contributed by atoms with Crippen LogP contribution in [0.4, 0.5) is 0 Å². The van der Waals surface area contributed by atoms with Gasteiger partial charge in [0.2, 0.25) is 0 Å². The molecular weight excluding hydrogens is 607 g/mol. The normalized spacial score (nSPS) is 14.3. The first-order valence-corrected chi connectivity index (χ1v) is 20.5. The average molecular weight is 681 g/mol. The van der Waals surface area contributed by atoms with E-state index in [2.05, 4.69) is 13.8 Å². The Morgan fingerprint density at radius 3 is 1.41 bits per heavy atom. The number of aliphatic hydroxyl groups is 2. The Balaban J connectivity index is 4.13. The van der Waals surface area contributed by atoms with E-state index in [1.807, 2.05) is 0 Å². The molecule has 3 unspecified atom stereocenters. The molecule has 0 aliphatic heterocycles. The van der Waals surface area contributed by atoms with Gasteiger partial charge in [-0.15, -0.1) is 0 Å². The molecule has 3 atom stereocenters. The Bertz CT molecular complexity index is 694. The minimum absolute atomic E-state index is 0.0570. The van der Waals surface area contributed by atoms with Gasteiger partial charge in [-0.2, -0.15) is 0 Å². The monoisotopic (exact) mass is 680 g/mol. The summed E-state index contributed by atoms with van der Waals surface area (Å²) in [5.41, 5.74) is 0. The fourth-order valence-electron chi connectivity index (χ4n) is 5.36. The highest BCUT2D eigenvalue weighted by Gasteiger charge is 2.26. The molecule has 0 aliphatic carbocycles. The Kier molecular flexibility index (Phi) is 33.9. The fourth-order valence-corrected chi connectivity index (χ4v) is 6.15. The lowest BCUT2D eigenvalue weighted by molar-refractivity contribution is -0.154. The van der Waals surface area contributed by atoms with Crippen molar-refractivity contribution in [3.63, 3.8) is 0 Å². The molecule has 0 aromatic heterocycles. The fraction of sp³-hybridized carbons (Fsp3) is 0.972. The lowest BCUT2D eigenvalue weighted by Gasteiger charge is -2.20. The molecule has 0 fully saturated rings. The third-order valence-corrected chi connectivity index (χ3v) is 9.24. The zero-order valence-corrected chi connectivity index (χ0v) is 30.7. The molecule has 276 valence electrons. The molecule has 10 heteroatoms. The van der Waals surface area contributed by atoms with Crippen molar-refractivity contribution in [1.82, 2.24) is 0 Å². The van der Waals surface area contributed by atoms with Crippen LogP contribution in [0.25, 0.3) is 0 Å². The molecule has 0 aliphatic rings. The number of ether oxygens (including phenoxy) is 2. The SMILES string of the molecule is CCCCCCCCCCCCCCCCCCOCC(COP(=O)(O)OCC(O)CO)OC(=O)CCCCCCCCCCC. The molecule has 9 nitrogen and oxygen atoms in total. The van der Waals surface area contributed by atoms with Crippen molar-refractivity contribution in [3.8, 4) is 0 Å². The Morgan fingerprint density at radius 2 is 0.978 bits per heavy atom. The van der Waals surface area contributed by atoms with Crippen LogP contribution in [0.2, 0.25) is 0 Å². The van der Waals surface area contributed by atoms with E-state index in [0.717, 1.165) is 32.1 Å². The van der Waals surface area contributed by atoms with E-state index in [9.17, 15) is 19.4 Å². The van der Waals surface area contributed by atoms with Crippen molar-refractivity contribution in [2.45, 2.75) is 193 Å². The number of esters is 1. The molecule has 0 amide bonds. The number of carbonyl (C=O) groups is 1. The van der Waals surface area contributed by atoms with Crippen LogP contribution in [-0.2, 0) is 27.9 Å². The smallest absolute Gasteiger partial charge is 0.457 e. The van der Waals surface area contributed by atoms with Gasteiger partial charge in [0.15, 0.2) is 0 Å². The second-order valence-electron chi connectivity index (χ2n) is 13.0. The summed E-state index contributed by atoms with van der Waals surface area (Å²) in [7, 11) is -4.50. The highest BCUT2D eigenvalue weighted by Crippen LogP contribution is 2.43. The topological polar surface area (TPSA) is 132 Å². The molecule has 0 rings (SSSR count). The van der Waals surface area contributed by atoms with Gasteiger partial charge in [-0.05, 0) is 12.8 Å². The van der Waals surface area contributed by atoms with Crippen molar-refractivity contribution in [1.29, 1.82) is 0 Å². The molecule has 0 aromatic rings. The summed E-state index contributed by atoms with van der Waals surface area (Å²) in [6, 6.07) is 0. The molecule has 0 aromatic carbocycles. The summed E-state index contributed by atoms with van der Waals surface area (Å²) >= 11 is 0. The zero-order valence-electron chi connectivity index (χ0n) is 29.8. The van der Waals surface area contributed by atoms with E-state index in [1.165, 1.54) is 128 Å². The summed E-state index contributed by atoms with van der Waals surface area (Å²) < 4.78 is 33.2. The number of phosphoric ester groups is 1. The van der Waals surface area contributed by atoms with Gasteiger partial charge in [-0.1, -0.05) is 162 Å². The van der Waals surface area contributed by atoms with Crippen LogP contribution in [0.5, 0.6) is 0 Å². The van der Waals surface area contributed by atoms with E-state index < -0.39 is 33.2 Å². The summed E-state index contributed by atoms with van der Waals surface area (Å²) in [6.45, 7) is 3.52. The molecule has 0 saturated carbocycles. The Morgan fingerprint density at radius 1 is 0.587 bits per heavy atom. The summed E-state index contributed by atoms with van der Waals surface area (Å²) in [6.07, 6.45) is 29.2. The van der Waals surface area contributed by atoms with Crippen LogP contribution in [0.15, 0.2) is 0 Å². The van der Waals surface area contributed by atoms with E-state index in [-0.39, 0.29) is 25.6 Å². The maximum Gasteiger partial charge on any atom is 0.472 e. The second kappa shape index (κ2) is 34.3. The van der Waals surface area contributed by atoms with E-state index in [1.54, 1.807) is 0 Å². The van der Waals surface area contributed by atoms with Gasteiger partial charge in [-0.3, -0.25) is 13.8 Å². The number of carbonyl (C=O) groups excluding carboxylic acids is 1. The van der Waals surface area contributed by atoms with E-state index in [4.69, 9.17) is 23.6 Å². The first-order valence-electron chi connectivity index (χ1n) is 19.0. The largest absolute Gasteiger partial charge is 0.472 e. The van der Waals surface area contributed by atoms with Gasteiger partial charge in [0.05, 0.1) is 26.4 Å². The summed E-state index contributed by atoms with van der Waals surface area (Å²) in [4.78, 5) is 22.4. The second-order valence-corrected chi connectivity index (χ2v) is 14.4. The van der Waals surface area contributed by atoms with Crippen LogP contribution in [0.1, 0.15) is 181 Å². The first-order chi connectivity index (χ1) is 22.3. The van der Waals surface area contributed by atoms with Crippen LogP contribution in [0, 0.1) is 0 Å². The Labute approximate surface area is 282 Å².